The molecular weight excluding hydrogens is 785 g/mol. The fraction of sp³-hybridized carbons (Fsp3) is 0.930. The van der Waals surface area contributed by atoms with Crippen molar-refractivity contribution < 1.29 is 38.9 Å². The fourth-order valence-corrected chi connectivity index (χ4v) is 6.56. The SMILES string of the molecule is [CH2-]CN(CCCCCCCC(=O)OCCCCCCCCC)CCCCCCC(=O)OC(CCCCCCCC)CCCCCCCC.[Os+]. The molecule has 0 saturated heterocycles. The summed E-state index contributed by atoms with van der Waals surface area (Å²) in [6.45, 7) is 14.6. The minimum absolute atomic E-state index is 0. The average molecular weight is 869 g/mol. The van der Waals surface area contributed by atoms with Crippen molar-refractivity contribution in [1.29, 1.82) is 0 Å². The van der Waals surface area contributed by atoms with Crippen molar-refractivity contribution in [3.8, 4) is 0 Å². The van der Waals surface area contributed by atoms with Crippen LogP contribution < -0.4 is 0 Å². The van der Waals surface area contributed by atoms with Crippen LogP contribution in [0.15, 0.2) is 0 Å². The number of carbonyl (C=O) groups is 2. The number of unbranched alkanes of at least 4 members (excludes halogenated alkanes) is 23. The molecule has 0 heterocycles. The van der Waals surface area contributed by atoms with Crippen LogP contribution in [0, 0.1) is 6.92 Å². The molecule has 1 radical (unpaired) electrons. The van der Waals surface area contributed by atoms with E-state index in [9.17, 15) is 9.59 Å². The summed E-state index contributed by atoms with van der Waals surface area (Å²) in [6.07, 6.45) is 37.6. The molecule has 0 amide bonds. The van der Waals surface area contributed by atoms with Gasteiger partial charge in [0, 0.05) is 12.8 Å². The van der Waals surface area contributed by atoms with E-state index in [0.29, 0.717) is 19.4 Å². The van der Waals surface area contributed by atoms with Crippen molar-refractivity contribution in [2.24, 2.45) is 0 Å². The Labute approximate surface area is 320 Å². The smallest absolute Gasteiger partial charge is 0.466 e. The topological polar surface area (TPSA) is 55.8 Å². The van der Waals surface area contributed by atoms with Gasteiger partial charge in [0.15, 0.2) is 0 Å². The van der Waals surface area contributed by atoms with E-state index in [0.717, 1.165) is 71.0 Å². The van der Waals surface area contributed by atoms with Crippen molar-refractivity contribution in [3.05, 3.63) is 6.92 Å². The molecule has 0 bridgehead atoms. The van der Waals surface area contributed by atoms with Crippen LogP contribution in [0.2, 0.25) is 0 Å². The molecule has 49 heavy (non-hydrogen) atoms. The zero-order valence-corrected chi connectivity index (χ0v) is 35.7. The maximum Gasteiger partial charge on any atom is 1.00 e. The third-order valence-corrected chi connectivity index (χ3v) is 9.85. The van der Waals surface area contributed by atoms with Crippen LogP contribution in [0.1, 0.15) is 226 Å². The van der Waals surface area contributed by atoms with Gasteiger partial charge in [0.2, 0.25) is 0 Å². The summed E-state index contributed by atoms with van der Waals surface area (Å²) in [5.74, 6) is 0.00837. The summed E-state index contributed by atoms with van der Waals surface area (Å²) in [4.78, 5) is 27.1. The molecule has 0 aromatic carbocycles. The molecule has 0 saturated carbocycles. The van der Waals surface area contributed by atoms with Gasteiger partial charge >= 0.3 is 31.7 Å². The van der Waals surface area contributed by atoms with E-state index in [1.54, 1.807) is 0 Å². The largest absolute Gasteiger partial charge is 1.00 e. The van der Waals surface area contributed by atoms with Crippen LogP contribution >= 0.6 is 0 Å². The minimum Gasteiger partial charge on any atom is -0.466 e. The summed E-state index contributed by atoms with van der Waals surface area (Å²) in [6, 6.07) is 0. The number of carbonyl (C=O) groups excluding carboxylic acids is 2. The van der Waals surface area contributed by atoms with Gasteiger partial charge in [0.25, 0.3) is 0 Å². The van der Waals surface area contributed by atoms with E-state index < -0.39 is 0 Å². The van der Waals surface area contributed by atoms with Crippen molar-refractivity contribution in [3.63, 3.8) is 0 Å². The van der Waals surface area contributed by atoms with Crippen molar-refractivity contribution in [2.75, 3.05) is 26.2 Å². The molecule has 6 heteroatoms. The first-order valence-electron chi connectivity index (χ1n) is 21.4. The maximum absolute atomic E-state index is 12.7. The summed E-state index contributed by atoms with van der Waals surface area (Å²) >= 11 is 0. The van der Waals surface area contributed by atoms with Gasteiger partial charge in [-0.3, -0.25) is 9.59 Å². The second-order valence-corrected chi connectivity index (χ2v) is 14.6. The first kappa shape index (κ1) is 50.6. The second kappa shape index (κ2) is 42.0. The zero-order chi connectivity index (χ0) is 35.2. The third-order valence-electron chi connectivity index (χ3n) is 9.85. The van der Waals surface area contributed by atoms with E-state index in [1.165, 1.54) is 141 Å². The molecule has 0 rings (SSSR count). The average Bonchev–Trinajstić information content (AvgIpc) is 3.08. The molecular formula is C43H84NO4Os. The Morgan fingerprint density at radius 3 is 1.31 bits per heavy atom. The monoisotopic (exact) mass is 871 g/mol. The number of nitrogens with zero attached hydrogens (tertiary/aromatic N) is 1. The number of hydrogen-bond donors (Lipinski definition) is 0. The molecule has 0 unspecified atom stereocenters. The van der Waals surface area contributed by atoms with Crippen molar-refractivity contribution in [2.45, 2.75) is 232 Å². The van der Waals surface area contributed by atoms with Gasteiger partial charge in [-0.15, -0.1) is 6.54 Å². The van der Waals surface area contributed by atoms with Gasteiger partial charge in [-0.05, 0) is 70.9 Å². The Kier molecular flexibility index (Phi) is 43.4. The van der Waals surface area contributed by atoms with Gasteiger partial charge < -0.3 is 21.3 Å². The van der Waals surface area contributed by atoms with E-state index >= 15 is 0 Å². The van der Waals surface area contributed by atoms with Crippen LogP contribution in [0.25, 0.3) is 0 Å². The molecule has 0 N–H and O–H groups in total. The third kappa shape index (κ3) is 38.6. The number of ether oxygens (including phenoxy) is 2. The normalized spacial score (nSPS) is 11.3. The van der Waals surface area contributed by atoms with Crippen LogP contribution in [0.3, 0.4) is 0 Å². The van der Waals surface area contributed by atoms with E-state index in [2.05, 4.69) is 32.6 Å². The van der Waals surface area contributed by atoms with Crippen LogP contribution in [0.5, 0.6) is 0 Å². The Morgan fingerprint density at radius 1 is 0.490 bits per heavy atom. The second-order valence-electron chi connectivity index (χ2n) is 14.6. The molecule has 0 aliphatic rings. The zero-order valence-electron chi connectivity index (χ0n) is 33.2. The summed E-state index contributed by atoms with van der Waals surface area (Å²) in [5, 5.41) is 0. The van der Waals surface area contributed by atoms with Gasteiger partial charge in [-0.25, -0.2) is 0 Å². The molecule has 0 aromatic rings. The quantitative estimate of drug-likeness (QED) is 0.0350. The molecule has 0 fully saturated rings. The van der Waals surface area contributed by atoms with E-state index in [4.69, 9.17) is 9.47 Å². The van der Waals surface area contributed by atoms with Crippen LogP contribution in [0.4, 0.5) is 0 Å². The molecule has 0 aliphatic heterocycles. The molecule has 0 aromatic heterocycles. The molecule has 0 spiro atoms. The first-order valence-corrected chi connectivity index (χ1v) is 21.4. The van der Waals surface area contributed by atoms with Crippen LogP contribution in [-0.4, -0.2) is 49.2 Å². The molecule has 293 valence electrons. The summed E-state index contributed by atoms with van der Waals surface area (Å²) in [7, 11) is 0. The van der Waals surface area contributed by atoms with Crippen molar-refractivity contribution >= 4 is 11.9 Å². The van der Waals surface area contributed by atoms with Crippen molar-refractivity contribution in [1.82, 2.24) is 4.90 Å². The summed E-state index contributed by atoms with van der Waals surface area (Å²) in [5.41, 5.74) is 0. The first-order chi connectivity index (χ1) is 23.6. The Morgan fingerprint density at radius 2 is 0.857 bits per heavy atom. The number of hydrogen-bond acceptors (Lipinski definition) is 5. The maximum atomic E-state index is 12.7. The minimum atomic E-state index is -0.0164. The molecule has 0 aliphatic carbocycles. The van der Waals surface area contributed by atoms with E-state index in [-0.39, 0.29) is 37.8 Å². The Hall–Kier alpha value is -0.464. The predicted molar refractivity (Wildman–Crippen MR) is 207 cm³/mol. The van der Waals surface area contributed by atoms with Crippen LogP contribution in [-0.2, 0) is 38.9 Å². The Balaban J connectivity index is 0. The Bertz CT molecular complexity index is 660. The van der Waals surface area contributed by atoms with E-state index in [1.807, 2.05) is 0 Å². The van der Waals surface area contributed by atoms with Gasteiger partial charge in [-0.2, -0.15) is 0 Å². The predicted octanol–water partition coefficient (Wildman–Crippen LogP) is 13.1. The van der Waals surface area contributed by atoms with Gasteiger partial charge in [-0.1, -0.05) is 156 Å². The van der Waals surface area contributed by atoms with Gasteiger partial charge in [0.05, 0.1) is 6.61 Å². The number of esters is 2. The standard InChI is InChI=1S/C43H84NO4.Os/c1-5-9-12-15-18-26-33-40-47-42(45)36-29-22-19-24-31-38-44(8-4)39-32-25-23-30-37-43(46)48-41(34-27-20-16-13-10-6-2)35-28-21-17-14-11-7-3;/h41H,4-40H2,1-3H3;/q-1;+1. The molecule has 5 nitrogen and oxygen atoms in total. The number of rotatable bonds is 39. The van der Waals surface area contributed by atoms with Gasteiger partial charge in [0.1, 0.15) is 6.10 Å². The molecule has 0 atom stereocenters. The fourth-order valence-electron chi connectivity index (χ4n) is 6.56. The summed E-state index contributed by atoms with van der Waals surface area (Å²) < 4.78 is 11.4.